The van der Waals surface area contributed by atoms with Crippen molar-refractivity contribution in [2.24, 2.45) is 5.92 Å². The first kappa shape index (κ1) is 14.4. The van der Waals surface area contributed by atoms with Crippen LogP contribution < -0.4 is 10.6 Å². The largest absolute Gasteiger partial charge is 0.379 e. The highest BCUT2D eigenvalue weighted by Crippen LogP contribution is 2.03. The molecule has 1 rings (SSSR count). The van der Waals surface area contributed by atoms with Crippen LogP contribution in [0.1, 0.15) is 13.8 Å². The number of nitrogens with one attached hydrogen (secondary N) is 2. The van der Waals surface area contributed by atoms with Gasteiger partial charge in [-0.25, -0.2) is 0 Å². The summed E-state index contributed by atoms with van der Waals surface area (Å²) in [4.78, 5) is 14.1. The lowest BCUT2D eigenvalue weighted by molar-refractivity contribution is -0.124. The lowest BCUT2D eigenvalue weighted by Crippen LogP contribution is -2.48. The van der Waals surface area contributed by atoms with Crippen molar-refractivity contribution in [3.05, 3.63) is 0 Å². The molecule has 0 aromatic rings. The molecular weight excluding hydrogens is 218 g/mol. The monoisotopic (exact) mass is 243 g/mol. The maximum atomic E-state index is 11.7. The van der Waals surface area contributed by atoms with E-state index in [1.807, 2.05) is 14.0 Å². The number of carbonyl (C=O) groups excluding carboxylic acids is 1. The van der Waals surface area contributed by atoms with Gasteiger partial charge in [0.15, 0.2) is 0 Å². The van der Waals surface area contributed by atoms with Crippen LogP contribution in [-0.2, 0) is 9.53 Å². The molecule has 0 aromatic carbocycles. The Morgan fingerprint density at radius 3 is 2.53 bits per heavy atom. The molecule has 0 saturated carbocycles. The van der Waals surface area contributed by atoms with Gasteiger partial charge in [-0.2, -0.15) is 0 Å². The van der Waals surface area contributed by atoms with Crippen molar-refractivity contribution < 1.29 is 9.53 Å². The fourth-order valence-electron chi connectivity index (χ4n) is 1.97. The van der Waals surface area contributed by atoms with Gasteiger partial charge in [-0.15, -0.1) is 0 Å². The second-order valence-corrected chi connectivity index (χ2v) is 4.70. The molecule has 100 valence electrons. The van der Waals surface area contributed by atoms with Gasteiger partial charge in [0.2, 0.25) is 5.91 Å². The molecule has 0 aliphatic carbocycles. The van der Waals surface area contributed by atoms with Crippen molar-refractivity contribution in [2.75, 3.05) is 46.4 Å². The van der Waals surface area contributed by atoms with Crippen LogP contribution in [0.4, 0.5) is 0 Å². The molecule has 17 heavy (non-hydrogen) atoms. The minimum Gasteiger partial charge on any atom is -0.379 e. The Morgan fingerprint density at radius 2 is 1.94 bits per heavy atom. The topological polar surface area (TPSA) is 53.6 Å². The third kappa shape index (κ3) is 5.02. The number of ether oxygens (including phenoxy) is 1. The average Bonchev–Trinajstić information content (AvgIpc) is 2.36. The molecule has 5 nitrogen and oxygen atoms in total. The molecular formula is C12H25N3O2. The Kier molecular flexibility index (Phi) is 6.47. The maximum absolute atomic E-state index is 11.7. The molecule has 1 aliphatic rings. The van der Waals surface area contributed by atoms with Gasteiger partial charge in [0.05, 0.1) is 13.2 Å². The van der Waals surface area contributed by atoms with Gasteiger partial charge in [-0.1, -0.05) is 6.92 Å². The predicted molar refractivity (Wildman–Crippen MR) is 68.0 cm³/mol. The minimum absolute atomic E-state index is 0.0249. The third-order valence-corrected chi connectivity index (χ3v) is 3.20. The summed E-state index contributed by atoms with van der Waals surface area (Å²) in [6.07, 6.45) is 0. The molecule has 2 unspecified atom stereocenters. The zero-order valence-corrected chi connectivity index (χ0v) is 11.2. The van der Waals surface area contributed by atoms with Crippen molar-refractivity contribution in [1.29, 1.82) is 0 Å². The molecule has 1 amide bonds. The van der Waals surface area contributed by atoms with Crippen LogP contribution in [-0.4, -0.2) is 63.3 Å². The fourth-order valence-corrected chi connectivity index (χ4v) is 1.97. The van der Waals surface area contributed by atoms with Gasteiger partial charge in [0, 0.05) is 38.1 Å². The Hall–Kier alpha value is -0.650. The number of nitrogens with zero attached hydrogens (tertiary/aromatic N) is 1. The first-order chi connectivity index (χ1) is 8.15. The Morgan fingerprint density at radius 1 is 1.29 bits per heavy atom. The number of hydrogen-bond acceptors (Lipinski definition) is 4. The highest BCUT2D eigenvalue weighted by Gasteiger charge is 2.18. The summed E-state index contributed by atoms with van der Waals surface area (Å²) in [7, 11) is 1.86. The quantitative estimate of drug-likeness (QED) is 0.671. The number of carbonyl (C=O) groups is 1. The summed E-state index contributed by atoms with van der Waals surface area (Å²) in [6, 6.07) is 0.379. The first-order valence-corrected chi connectivity index (χ1v) is 6.39. The number of rotatable bonds is 6. The van der Waals surface area contributed by atoms with E-state index < -0.39 is 0 Å². The van der Waals surface area contributed by atoms with Crippen molar-refractivity contribution >= 4 is 5.91 Å². The summed E-state index contributed by atoms with van der Waals surface area (Å²) in [5, 5.41) is 6.01. The molecule has 5 heteroatoms. The molecule has 0 radical (unpaired) electrons. The van der Waals surface area contributed by atoms with Gasteiger partial charge in [0.25, 0.3) is 0 Å². The summed E-state index contributed by atoms with van der Waals surface area (Å²) in [6.45, 7) is 9.04. The van der Waals surface area contributed by atoms with Gasteiger partial charge in [0.1, 0.15) is 0 Å². The highest BCUT2D eigenvalue weighted by atomic mass is 16.5. The molecule has 1 aliphatic heterocycles. The standard InChI is InChI=1S/C12H25N3O2/c1-10(8-13-3)12(16)14-9-11(2)15-4-6-17-7-5-15/h10-11,13H,4-9H2,1-3H3,(H,14,16). The van der Waals surface area contributed by atoms with E-state index >= 15 is 0 Å². The van der Waals surface area contributed by atoms with E-state index in [1.165, 1.54) is 0 Å². The number of amides is 1. The lowest BCUT2D eigenvalue weighted by atomic mass is 10.1. The second kappa shape index (κ2) is 7.63. The Labute approximate surface area is 104 Å². The van der Waals surface area contributed by atoms with E-state index in [2.05, 4.69) is 22.5 Å². The molecule has 0 spiro atoms. The van der Waals surface area contributed by atoms with Crippen molar-refractivity contribution in [3.63, 3.8) is 0 Å². The van der Waals surface area contributed by atoms with Crippen LogP contribution in [0, 0.1) is 5.92 Å². The summed E-state index contributed by atoms with van der Waals surface area (Å²) < 4.78 is 5.31. The lowest BCUT2D eigenvalue weighted by Gasteiger charge is -2.32. The van der Waals surface area contributed by atoms with Crippen molar-refractivity contribution in [2.45, 2.75) is 19.9 Å². The van der Waals surface area contributed by atoms with Crippen molar-refractivity contribution in [1.82, 2.24) is 15.5 Å². The molecule has 1 heterocycles. The summed E-state index contributed by atoms with van der Waals surface area (Å²) in [5.41, 5.74) is 0. The summed E-state index contributed by atoms with van der Waals surface area (Å²) in [5.74, 6) is 0.149. The zero-order valence-electron chi connectivity index (χ0n) is 11.2. The molecule has 2 N–H and O–H groups in total. The van der Waals surface area contributed by atoms with E-state index in [1.54, 1.807) is 0 Å². The minimum atomic E-state index is 0.0249. The molecule has 2 atom stereocenters. The van der Waals surface area contributed by atoms with E-state index in [9.17, 15) is 4.79 Å². The van der Waals surface area contributed by atoms with E-state index in [0.29, 0.717) is 12.6 Å². The van der Waals surface area contributed by atoms with Crippen LogP contribution in [0.3, 0.4) is 0 Å². The third-order valence-electron chi connectivity index (χ3n) is 3.20. The van der Waals surface area contributed by atoms with Crippen LogP contribution in [0.15, 0.2) is 0 Å². The Bertz CT molecular complexity index is 230. The zero-order chi connectivity index (χ0) is 12.7. The average molecular weight is 243 g/mol. The van der Waals surface area contributed by atoms with Gasteiger partial charge in [-0.3, -0.25) is 9.69 Å². The normalized spacial score (nSPS) is 20.9. The first-order valence-electron chi connectivity index (χ1n) is 6.39. The Balaban J connectivity index is 2.22. The SMILES string of the molecule is CNCC(C)C(=O)NCC(C)N1CCOCC1. The van der Waals surface area contributed by atoms with E-state index in [-0.39, 0.29) is 11.8 Å². The second-order valence-electron chi connectivity index (χ2n) is 4.70. The fraction of sp³-hybridized carbons (Fsp3) is 0.917. The van der Waals surface area contributed by atoms with Crippen molar-refractivity contribution in [3.8, 4) is 0 Å². The predicted octanol–water partition coefficient (Wildman–Crippen LogP) is -0.321. The van der Waals surface area contributed by atoms with Gasteiger partial charge in [-0.05, 0) is 14.0 Å². The maximum Gasteiger partial charge on any atom is 0.224 e. The van der Waals surface area contributed by atoms with Gasteiger partial charge >= 0.3 is 0 Å². The molecule has 0 bridgehead atoms. The smallest absolute Gasteiger partial charge is 0.224 e. The molecule has 0 aromatic heterocycles. The number of hydrogen-bond donors (Lipinski definition) is 2. The van der Waals surface area contributed by atoms with Crippen LogP contribution in [0.5, 0.6) is 0 Å². The summed E-state index contributed by atoms with van der Waals surface area (Å²) >= 11 is 0. The van der Waals surface area contributed by atoms with E-state index in [0.717, 1.165) is 32.8 Å². The van der Waals surface area contributed by atoms with E-state index in [4.69, 9.17) is 4.74 Å². The van der Waals surface area contributed by atoms with Crippen LogP contribution in [0.2, 0.25) is 0 Å². The van der Waals surface area contributed by atoms with Crippen LogP contribution in [0.25, 0.3) is 0 Å². The molecule has 1 saturated heterocycles. The number of morpholine rings is 1. The highest BCUT2D eigenvalue weighted by molar-refractivity contribution is 5.78. The van der Waals surface area contributed by atoms with Gasteiger partial charge < -0.3 is 15.4 Å². The van der Waals surface area contributed by atoms with Crippen LogP contribution >= 0.6 is 0 Å². The molecule has 1 fully saturated rings.